The maximum Gasteiger partial charge on any atom is 0.339 e. The molecule has 1 aromatic rings. The summed E-state index contributed by atoms with van der Waals surface area (Å²) in [6.45, 7) is 1.44. The van der Waals surface area contributed by atoms with Crippen LogP contribution in [0.1, 0.15) is 23.2 Å². The number of sulfonamides is 1. The monoisotopic (exact) mass is 368 g/mol. The molecule has 1 aliphatic rings. The molecule has 0 bridgehead atoms. The van der Waals surface area contributed by atoms with E-state index in [0.717, 1.165) is 19.4 Å². The summed E-state index contributed by atoms with van der Waals surface area (Å²) in [7, 11) is -2.64. The SMILES string of the molecule is COC(=O)c1ccc(Cl)cc1S(=O)(=O)NC1CCCNC1.Cl. The Morgan fingerprint density at radius 2 is 2.18 bits per heavy atom. The average Bonchev–Trinajstić information content (AvgIpc) is 2.47. The Kier molecular flexibility index (Phi) is 7.08. The Balaban J connectivity index is 0.00000242. The third-order valence-corrected chi connectivity index (χ3v) is 5.05. The van der Waals surface area contributed by atoms with E-state index >= 15 is 0 Å². The predicted molar refractivity (Wildman–Crippen MR) is 86.3 cm³/mol. The third kappa shape index (κ3) is 4.57. The van der Waals surface area contributed by atoms with Gasteiger partial charge in [0.2, 0.25) is 10.0 Å². The summed E-state index contributed by atoms with van der Waals surface area (Å²) < 4.78 is 32.2. The van der Waals surface area contributed by atoms with Gasteiger partial charge in [0.15, 0.2) is 0 Å². The number of hydrogen-bond donors (Lipinski definition) is 2. The van der Waals surface area contributed by atoms with Crippen LogP contribution >= 0.6 is 24.0 Å². The first kappa shape index (κ1) is 19.2. The summed E-state index contributed by atoms with van der Waals surface area (Å²) in [5.74, 6) is -0.714. The van der Waals surface area contributed by atoms with Crippen LogP contribution < -0.4 is 10.0 Å². The van der Waals surface area contributed by atoms with E-state index in [9.17, 15) is 13.2 Å². The van der Waals surface area contributed by atoms with Crippen LogP contribution in [-0.2, 0) is 14.8 Å². The fourth-order valence-corrected chi connectivity index (χ4v) is 3.96. The van der Waals surface area contributed by atoms with Gasteiger partial charge in [-0.15, -0.1) is 12.4 Å². The normalized spacial score (nSPS) is 18.4. The predicted octanol–water partition coefficient (Wildman–Crippen LogP) is 1.58. The van der Waals surface area contributed by atoms with E-state index in [1.165, 1.54) is 25.3 Å². The van der Waals surface area contributed by atoms with Gasteiger partial charge in [-0.2, -0.15) is 0 Å². The van der Waals surface area contributed by atoms with Crippen molar-refractivity contribution < 1.29 is 17.9 Å². The molecular formula is C13H18Cl2N2O4S. The molecule has 1 atom stereocenters. The second-order valence-corrected chi connectivity index (χ2v) is 6.92. The Hall–Kier alpha value is -0.860. The average molecular weight is 369 g/mol. The molecule has 0 radical (unpaired) electrons. The van der Waals surface area contributed by atoms with Gasteiger partial charge in [0.05, 0.1) is 17.6 Å². The van der Waals surface area contributed by atoms with Crippen LogP contribution in [0.25, 0.3) is 0 Å². The highest BCUT2D eigenvalue weighted by Gasteiger charge is 2.27. The summed E-state index contributed by atoms with van der Waals surface area (Å²) in [5.41, 5.74) is -0.0295. The van der Waals surface area contributed by atoms with Gasteiger partial charge in [-0.1, -0.05) is 11.6 Å². The highest BCUT2D eigenvalue weighted by atomic mass is 35.5. The van der Waals surface area contributed by atoms with Crippen molar-refractivity contribution in [3.63, 3.8) is 0 Å². The van der Waals surface area contributed by atoms with E-state index in [1.807, 2.05) is 0 Å². The Labute approximate surface area is 141 Å². The van der Waals surface area contributed by atoms with E-state index in [-0.39, 0.29) is 33.9 Å². The first-order chi connectivity index (χ1) is 9.94. The fraction of sp³-hybridized carbons (Fsp3) is 0.462. The van der Waals surface area contributed by atoms with Gasteiger partial charge in [-0.25, -0.2) is 17.9 Å². The van der Waals surface area contributed by atoms with E-state index in [4.69, 9.17) is 11.6 Å². The largest absolute Gasteiger partial charge is 0.465 e. The zero-order valence-electron chi connectivity index (χ0n) is 12.0. The van der Waals surface area contributed by atoms with Gasteiger partial charge < -0.3 is 10.1 Å². The van der Waals surface area contributed by atoms with E-state index in [0.29, 0.717) is 6.54 Å². The summed E-state index contributed by atoms with van der Waals surface area (Å²) >= 11 is 5.86. The smallest absolute Gasteiger partial charge is 0.339 e. The van der Waals surface area contributed by atoms with Crippen LogP contribution in [-0.4, -0.2) is 40.6 Å². The summed E-state index contributed by atoms with van der Waals surface area (Å²) in [6.07, 6.45) is 1.65. The molecule has 0 saturated carbocycles. The molecule has 9 heteroatoms. The maximum atomic E-state index is 12.5. The number of hydrogen-bond acceptors (Lipinski definition) is 5. The van der Waals surface area contributed by atoms with Crippen molar-refractivity contribution in [2.24, 2.45) is 0 Å². The molecule has 0 amide bonds. The maximum absolute atomic E-state index is 12.5. The van der Waals surface area contributed by atoms with Crippen LogP contribution in [0.3, 0.4) is 0 Å². The summed E-state index contributed by atoms with van der Waals surface area (Å²) in [6, 6.07) is 3.86. The Morgan fingerprint density at radius 3 is 2.77 bits per heavy atom. The molecule has 0 spiro atoms. The van der Waals surface area contributed by atoms with Crippen molar-refractivity contribution in [1.29, 1.82) is 0 Å². The van der Waals surface area contributed by atoms with Crippen molar-refractivity contribution in [3.8, 4) is 0 Å². The molecule has 0 aliphatic carbocycles. The second-order valence-electron chi connectivity index (χ2n) is 4.80. The molecule has 0 aromatic heterocycles. The van der Waals surface area contributed by atoms with Gasteiger partial charge in [-0.05, 0) is 37.6 Å². The Morgan fingerprint density at radius 1 is 1.45 bits per heavy atom. The Bertz CT molecular complexity index is 631. The molecule has 22 heavy (non-hydrogen) atoms. The number of halogens is 2. The van der Waals surface area contributed by atoms with Crippen LogP contribution in [0, 0.1) is 0 Å². The summed E-state index contributed by atoms with van der Waals surface area (Å²) in [4.78, 5) is 11.6. The van der Waals surface area contributed by atoms with Crippen LogP contribution in [0.2, 0.25) is 5.02 Å². The molecule has 2 N–H and O–H groups in total. The van der Waals surface area contributed by atoms with Crippen molar-refractivity contribution in [2.75, 3.05) is 20.2 Å². The molecule has 1 heterocycles. The third-order valence-electron chi connectivity index (χ3n) is 3.26. The van der Waals surface area contributed by atoms with Gasteiger partial charge in [0.25, 0.3) is 0 Å². The lowest BCUT2D eigenvalue weighted by Gasteiger charge is -2.24. The zero-order valence-corrected chi connectivity index (χ0v) is 14.4. The lowest BCUT2D eigenvalue weighted by molar-refractivity contribution is 0.0596. The quantitative estimate of drug-likeness (QED) is 0.788. The van der Waals surface area contributed by atoms with Crippen LogP contribution in [0.15, 0.2) is 23.1 Å². The molecule has 2 rings (SSSR count). The number of nitrogens with one attached hydrogen (secondary N) is 2. The molecule has 1 aliphatic heterocycles. The second kappa shape index (κ2) is 8.12. The first-order valence-electron chi connectivity index (χ1n) is 6.55. The number of piperidine rings is 1. The van der Waals surface area contributed by atoms with E-state index < -0.39 is 16.0 Å². The molecule has 1 unspecified atom stereocenters. The lowest BCUT2D eigenvalue weighted by Crippen LogP contribution is -2.45. The molecule has 1 aromatic carbocycles. The standard InChI is InChI=1S/C13H17ClN2O4S.ClH/c1-20-13(17)11-5-4-9(14)7-12(11)21(18,19)16-10-3-2-6-15-8-10;/h4-5,7,10,15-16H,2-3,6,8H2,1H3;1H. The first-order valence-corrected chi connectivity index (χ1v) is 8.41. The van der Waals surface area contributed by atoms with Crippen molar-refractivity contribution in [3.05, 3.63) is 28.8 Å². The number of rotatable bonds is 4. The molecule has 124 valence electrons. The number of carbonyl (C=O) groups excluding carboxylic acids is 1. The molecule has 1 fully saturated rings. The zero-order chi connectivity index (χ0) is 15.5. The topological polar surface area (TPSA) is 84.5 Å². The van der Waals surface area contributed by atoms with Crippen molar-refractivity contribution >= 4 is 40.0 Å². The van der Waals surface area contributed by atoms with Crippen molar-refractivity contribution in [1.82, 2.24) is 10.0 Å². The minimum absolute atomic E-state index is 0. The fourth-order valence-electron chi connectivity index (χ4n) is 2.23. The molecular weight excluding hydrogens is 351 g/mol. The lowest BCUT2D eigenvalue weighted by atomic mass is 10.1. The van der Waals surface area contributed by atoms with Crippen LogP contribution in [0.5, 0.6) is 0 Å². The highest BCUT2D eigenvalue weighted by molar-refractivity contribution is 7.89. The van der Waals surface area contributed by atoms with Gasteiger partial charge >= 0.3 is 5.97 Å². The van der Waals surface area contributed by atoms with Gasteiger partial charge in [0.1, 0.15) is 0 Å². The number of methoxy groups -OCH3 is 1. The number of carbonyl (C=O) groups is 1. The number of ether oxygens (including phenoxy) is 1. The molecule has 6 nitrogen and oxygen atoms in total. The minimum Gasteiger partial charge on any atom is -0.465 e. The van der Waals surface area contributed by atoms with E-state index in [1.54, 1.807) is 0 Å². The number of benzene rings is 1. The highest BCUT2D eigenvalue weighted by Crippen LogP contribution is 2.22. The number of esters is 1. The van der Waals surface area contributed by atoms with Gasteiger partial charge in [0, 0.05) is 17.6 Å². The van der Waals surface area contributed by atoms with Crippen LogP contribution in [0.4, 0.5) is 0 Å². The summed E-state index contributed by atoms with van der Waals surface area (Å²) in [5, 5.41) is 3.36. The van der Waals surface area contributed by atoms with Gasteiger partial charge in [-0.3, -0.25) is 0 Å². The molecule has 1 saturated heterocycles. The minimum atomic E-state index is -3.84. The van der Waals surface area contributed by atoms with E-state index in [2.05, 4.69) is 14.8 Å². The van der Waals surface area contributed by atoms with Crippen molar-refractivity contribution in [2.45, 2.75) is 23.8 Å².